The number of piperidine rings is 1. The number of likely N-dealkylation sites (tertiary alicyclic amines) is 1. The van der Waals surface area contributed by atoms with Gasteiger partial charge in [0.2, 0.25) is 0 Å². The average Bonchev–Trinajstić information content (AvgIpc) is 2.61. The molecule has 0 amide bonds. The Balaban J connectivity index is 1.85. The number of fused-ring (bicyclic) bond motifs is 1. The van der Waals surface area contributed by atoms with E-state index in [0.717, 1.165) is 18.4 Å². The monoisotopic (exact) mass is 210 g/mol. The summed E-state index contributed by atoms with van der Waals surface area (Å²) in [4.78, 5) is 2.72. The van der Waals surface area contributed by atoms with Gasteiger partial charge in [-0.3, -0.25) is 0 Å². The third-order valence-corrected chi connectivity index (χ3v) is 4.15. The van der Waals surface area contributed by atoms with Gasteiger partial charge in [0.25, 0.3) is 0 Å². The first-order chi connectivity index (χ1) is 7.06. The molecule has 2 unspecified atom stereocenters. The van der Waals surface area contributed by atoms with Gasteiger partial charge in [0.05, 0.1) is 0 Å². The number of rotatable bonds is 3. The Morgan fingerprint density at radius 2 is 1.93 bits per heavy atom. The summed E-state index contributed by atoms with van der Waals surface area (Å²) in [5.74, 6) is 1.01. The summed E-state index contributed by atoms with van der Waals surface area (Å²) in [7, 11) is 0. The standard InChI is InChI=1S/C13H26N2/c1-13(2,14)8-10-15-9-4-6-11-5-3-7-12(11)15/h11-12H,3-10,14H2,1-2H3. The van der Waals surface area contributed by atoms with E-state index in [1.807, 2.05) is 0 Å². The molecule has 2 nitrogen and oxygen atoms in total. The highest BCUT2D eigenvalue weighted by atomic mass is 15.2. The van der Waals surface area contributed by atoms with Crippen LogP contribution >= 0.6 is 0 Å². The topological polar surface area (TPSA) is 29.3 Å². The molecule has 2 heteroatoms. The van der Waals surface area contributed by atoms with Crippen molar-refractivity contribution in [1.29, 1.82) is 0 Å². The van der Waals surface area contributed by atoms with Crippen LogP contribution in [-0.4, -0.2) is 29.6 Å². The van der Waals surface area contributed by atoms with Crippen LogP contribution in [0.2, 0.25) is 0 Å². The van der Waals surface area contributed by atoms with Crippen molar-refractivity contribution in [1.82, 2.24) is 4.90 Å². The van der Waals surface area contributed by atoms with Gasteiger partial charge < -0.3 is 10.6 Å². The molecule has 1 saturated heterocycles. The lowest BCUT2D eigenvalue weighted by Gasteiger charge is -2.39. The molecule has 1 saturated carbocycles. The van der Waals surface area contributed by atoms with Crippen molar-refractivity contribution >= 4 is 0 Å². The largest absolute Gasteiger partial charge is 0.326 e. The van der Waals surface area contributed by atoms with E-state index >= 15 is 0 Å². The first kappa shape index (κ1) is 11.4. The first-order valence-electron chi connectivity index (χ1n) is 6.59. The highest BCUT2D eigenvalue weighted by molar-refractivity contribution is 4.90. The second kappa shape index (κ2) is 4.42. The molecule has 2 atom stereocenters. The Morgan fingerprint density at radius 1 is 1.20 bits per heavy atom. The van der Waals surface area contributed by atoms with Crippen molar-refractivity contribution < 1.29 is 0 Å². The predicted octanol–water partition coefficient (Wildman–Crippen LogP) is 2.38. The van der Waals surface area contributed by atoms with Crippen LogP contribution in [0.15, 0.2) is 0 Å². The molecule has 0 spiro atoms. The zero-order valence-electron chi connectivity index (χ0n) is 10.3. The van der Waals surface area contributed by atoms with Gasteiger partial charge in [0.15, 0.2) is 0 Å². The minimum Gasteiger partial charge on any atom is -0.326 e. The van der Waals surface area contributed by atoms with Crippen LogP contribution in [0.1, 0.15) is 52.4 Å². The van der Waals surface area contributed by atoms with Crippen molar-refractivity contribution in [2.75, 3.05) is 13.1 Å². The van der Waals surface area contributed by atoms with Gasteiger partial charge in [-0.2, -0.15) is 0 Å². The average molecular weight is 210 g/mol. The van der Waals surface area contributed by atoms with Crippen molar-refractivity contribution in [3.8, 4) is 0 Å². The van der Waals surface area contributed by atoms with Crippen LogP contribution in [0, 0.1) is 5.92 Å². The van der Waals surface area contributed by atoms with Crippen LogP contribution in [0.5, 0.6) is 0 Å². The molecule has 2 rings (SSSR count). The summed E-state index contributed by atoms with van der Waals surface area (Å²) >= 11 is 0. The third kappa shape index (κ3) is 2.94. The Morgan fingerprint density at radius 3 is 2.67 bits per heavy atom. The van der Waals surface area contributed by atoms with Crippen LogP contribution in [0.4, 0.5) is 0 Å². The molecule has 1 aliphatic carbocycles. The summed E-state index contributed by atoms with van der Waals surface area (Å²) in [6.07, 6.45) is 8.40. The molecule has 0 aromatic rings. The van der Waals surface area contributed by atoms with Gasteiger partial charge in [0, 0.05) is 18.1 Å². The van der Waals surface area contributed by atoms with Crippen molar-refractivity contribution in [2.45, 2.75) is 64.0 Å². The number of nitrogens with zero attached hydrogens (tertiary/aromatic N) is 1. The molecular formula is C13H26N2. The van der Waals surface area contributed by atoms with Crippen molar-refractivity contribution in [3.63, 3.8) is 0 Å². The maximum absolute atomic E-state index is 6.06. The Bertz CT molecular complexity index is 207. The second-order valence-corrected chi connectivity index (χ2v) is 6.18. The highest BCUT2D eigenvalue weighted by Gasteiger charge is 2.34. The van der Waals surface area contributed by atoms with E-state index in [0.29, 0.717) is 0 Å². The Kier molecular flexibility index (Phi) is 3.36. The van der Waals surface area contributed by atoms with Crippen LogP contribution in [0.3, 0.4) is 0 Å². The fourth-order valence-corrected chi connectivity index (χ4v) is 3.27. The number of nitrogens with two attached hydrogens (primary N) is 1. The molecule has 0 aromatic carbocycles. The zero-order chi connectivity index (χ0) is 10.9. The summed E-state index contributed by atoms with van der Waals surface area (Å²) in [5, 5.41) is 0. The lowest BCUT2D eigenvalue weighted by molar-refractivity contribution is 0.105. The van der Waals surface area contributed by atoms with E-state index < -0.39 is 0 Å². The Hall–Kier alpha value is -0.0800. The van der Waals surface area contributed by atoms with Gasteiger partial charge in [-0.25, -0.2) is 0 Å². The molecule has 2 fully saturated rings. The summed E-state index contributed by atoms with van der Waals surface area (Å²) in [5.41, 5.74) is 6.07. The van der Waals surface area contributed by atoms with E-state index in [2.05, 4.69) is 18.7 Å². The van der Waals surface area contributed by atoms with Gasteiger partial charge in [-0.15, -0.1) is 0 Å². The maximum atomic E-state index is 6.06. The SMILES string of the molecule is CC(C)(N)CCN1CCCC2CCCC21. The molecule has 88 valence electrons. The van der Waals surface area contributed by atoms with Gasteiger partial charge in [0.1, 0.15) is 0 Å². The maximum Gasteiger partial charge on any atom is 0.0123 e. The van der Waals surface area contributed by atoms with E-state index in [-0.39, 0.29) is 5.54 Å². The van der Waals surface area contributed by atoms with Gasteiger partial charge >= 0.3 is 0 Å². The number of hydrogen-bond acceptors (Lipinski definition) is 2. The second-order valence-electron chi connectivity index (χ2n) is 6.18. The quantitative estimate of drug-likeness (QED) is 0.775. The minimum absolute atomic E-state index is 0.00550. The highest BCUT2D eigenvalue weighted by Crippen LogP contribution is 2.36. The molecule has 1 heterocycles. The van der Waals surface area contributed by atoms with E-state index in [1.165, 1.54) is 45.2 Å². The molecule has 15 heavy (non-hydrogen) atoms. The van der Waals surface area contributed by atoms with Crippen LogP contribution in [-0.2, 0) is 0 Å². The molecule has 2 aliphatic rings. The summed E-state index contributed by atoms with van der Waals surface area (Å²) in [6.45, 7) is 6.81. The first-order valence-corrected chi connectivity index (χ1v) is 6.59. The van der Waals surface area contributed by atoms with Crippen molar-refractivity contribution in [2.24, 2.45) is 11.7 Å². The van der Waals surface area contributed by atoms with Crippen LogP contribution in [0.25, 0.3) is 0 Å². The fraction of sp³-hybridized carbons (Fsp3) is 1.00. The fourth-order valence-electron chi connectivity index (χ4n) is 3.27. The van der Waals surface area contributed by atoms with Crippen LogP contribution < -0.4 is 5.73 Å². The van der Waals surface area contributed by atoms with Gasteiger partial charge in [-0.05, 0) is 58.4 Å². The smallest absolute Gasteiger partial charge is 0.0123 e. The third-order valence-electron chi connectivity index (χ3n) is 4.15. The van der Waals surface area contributed by atoms with E-state index in [4.69, 9.17) is 5.73 Å². The molecule has 0 aromatic heterocycles. The predicted molar refractivity (Wildman–Crippen MR) is 64.8 cm³/mol. The molecule has 0 radical (unpaired) electrons. The lowest BCUT2D eigenvalue weighted by Crippen LogP contribution is -2.45. The van der Waals surface area contributed by atoms with Crippen molar-refractivity contribution in [3.05, 3.63) is 0 Å². The normalized spacial score (nSPS) is 33.0. The lowest BCUT2D eigenvalue weighted by atomic mass is 9.91. The number of hydrogen-bond donors (Lipinski definition) is 1. The van der Waals surface area contributed by atoms with E-state index in [9.17, 15) is 0 Å². The van der Waals surface area contributed by atoms with E-state index in [1.54, 1.807) is 0 Å². The zero-order valence-corrected chi connectivity index (χ0v) is 10.3. The molecule has 0 bridgehead atoms. The molecule has 2 N–H and O–H groups in total. The minimum atomic E-state index is 0.00550. The summed E-state index contributed by atoms with van der Waals surface area (Å²) in [6, 6.07) is 0.904. The summed E-state index contributed by atoms with van der Waals surface area (Å²) < 4.78 is 0. The molecular weight excluding hydrogens is 184 g/mol. The Labute approximate surface area is 94.2 Å². The van der Waals surface area contributed by atoms with Gasteiger partial charge in [-0.1, -0.05) is 6.42 Å². The molecule has 1 aliphatic heterocycles.